The van der Waals surface area contributed by atoms with Crippen molar-refractivity contribution in [3.63, 3.8) is 0 Å². The maximum Gasteiger partial charge on any atom is 0.0717 e. The van der Waals surface area contributed by atoms with Crippen LogP contribution in [0.4, 0.5) is 0 Å². The van der Waals surface area contributed by atoms with Crippen LogP contribution in [-0.4, -0.2) is 6.61 Å². The monoisotopic (exact) mass is 366 g/mol. The minimum absolute atomic E-state index is 0.719. The van der Waals surface area contributed by atoms with Crippen LogP contribution in [0.5, 0.6) is 0 Å². The SMILES string of the molecule is C=CCCOCc1ccc(C2CCC([C@H]3CC[C@H](/C=C\C)CC3)CC2)cc1. The lowest BCUT2D eigenvalue weighted by atomic mass is 9.68. The van der Waals surface area contributed by atoms with Crippen LogP contribution in [0.2, 0.25) is 0 Å². The van der Waals surface area contributed by atoms with Gasteiger partial charge in [0, 0.05) is 0 Å². The second-order valence-corrected chi connectivity index (χ2v) is 8.68. The third-order valence-corrected chi connectivity index (χ3v) is 6.91. The van der Waals surface area contributed by atoms with Crippen molar-refractivity contribution >= 4 is 0 Å². The van der Waals surface area contributed by atoms with Gasteiger partial charge in [0.15, 0.2) is 0 Å². The van der Waals surface area contributed by atoms with E-state index in [4.69, 9.17) is 4.74 Å². The molecular weight excluding hydrogens is 328 g/mol. The molecular formula is C26H38O. The van der Waals surface area contributed by atoms with Gasteiger partial charge in [0.2, 0.25) is 0 Å². The summed E-state index contributed by atoms with van der Waals surface area (Å²) in [5.41, 5.74) is 2.83. The molecule has 0 aromatic heterocycles. The number of hydrogen-bond donors (Lipinski definition) is 0. The molecule has 27 heavy (non-hydrogen) atoms. The Bertz CT molecular complexity index is 569. The third kappa shape index (κ3) is 6.07. The molecule has 1 heteroatoms. The van der Waals surface area contributed by atoms with Crippen LogP contribution in [0, 0.1) is 17.8 Å². The smallest absolute Gasteiger partial charge is 0.0717 e. The molecule has 3 rings (SSSR count). The Morgan fingerprint density at radius 2 is 1.56 bits per heavy atom. The zero-order valence-electron chi connectivity index (χ0n) is 17.2. The van der Waals surface area contributed by atoms with Crippen molar-refractivity contribution in [3.8, 4) is 0 Å². The first-order valence-electron chi connectivity index (χ1n) is 11.2. The van der Waals surface area contributed by atoms with E-state index >= 15 is 0 Å². The van der Waals surface area contributed by atoms with Crippen molar-refractivity contribution < 1.29 is 4.74 Å². The number of allylic oxidation sites excluding steroid dienone is 2. The second kappa shape index (κ2) is 10.9. The van der Waals surface area contributed by atoms with Gasteiger partial charge >= 0.3 is 0 Å². The van der Waals surface area contributed by atoms with E-state index < -0.39 is 0 Å². The summed E-state index contributed by atoms with van der Waals surface area (Å²) in [5.74, 6) is 3.63. The van der Waals surface area contributed by atoms with Crippen molar-refractivity contribution in [2.45, 2.75) is 77.2 Å². The fraction of sp³-hybridized carbons (Fsp3) is 0.615. The van der Waals surface area contributed by atoms with Crippen LogP contribution in [0.3, 0.4) is 0 Å². The lowest BCUT2D eigenvalue weighted by molar-refractivity contribution is 0.125. The minimum atomic E-state index is 0.719. The molecule has 2 aliphatic rings. The summed E-state index contributed by atoms with van der Waals surface area (Å²) in [6, 6.07) is 9.22. The van der Waals surface area contributed by atoms with E-state index in [0.29, 0.717) is 0 Å². The molecule has 0 unspecified atom stereocenters. The molecule has 0 bridgehead atoms. The molecule has 1 aromatic rings. The van der Waals surface area contributed by atoms with Gasteiger partial charge in [-0.25, -0.2) is 0 Å². The van der Waals surface area contributed by atoms with Gasteiger partial charge in [-0.05, 0) is 99.5 Å². The van der Waals surface area contributed by atoms with Gasteiger partial charge < -0.3 is 4.74 Å². The van der Waals surface area contributed by atoms with E-state index in [2.05, 4.69) is 49.9 Å². The molecule has 2 fully saturated rings. The molecule has 0 amide bonds. The summed E-state index contributed by atoms with van der Waals surface area (Å²) in [7, 11) is 0. The molecule has 0 radical (unpaired) electrons. The molecule has 2 aliphatic carbocycles. The van der Waals surface area contributed by atoms with Crippen LogP contribution >= 0.6 is 0 Å². The quantitative estimate of drug-likeness (QED) is 0.343. The topological polar surface area (TPSA) is 9.23 Å². The van der Waals surface area contributed by atoms with Gasteiger partial charge in [0.05, 0.1) is 13.2 Å². The van der Waals surface area contributed by atoms with Gasteiger partial charge in [-0.1, -0.05) is 42.5 Å². The highest BCUT2D eigenvalue weighted by atomic mass is 16.5. The first kappa shape index (κ1) is 20.4. The van der Waals surface area contributed by atoms with Crippen LogP contribution in [0.15, 0.2) is 49.1 Å². The first-order valence-corrected chi connectivity index (χ1v) is 11.2. The largest absolute Gasteiger partial charge is 0.376 e. The van der Waals surface area contributed by atoms with Gasteiger partial charge in [0.1, 0.15) is 0 Å². The number of hydrogen-bond acceptors (Lipinski definition) is 1. The summed E-state index contributed by atoms with van der Waals surface area (Å²) in [6.07, 6.45) is 18.9. The van der Waals surface area contributed by atoms with E-state index in [1.807, 2.05) is 6.08 Å². The predicted molar refractivity (Wildman–Crippen MR) is 116 cm³/mol. The first-order chi connectivity index (χ1) is 13.3. The molecule has 1 aromatic carbocycles. The lowest BCUT2D eigenvalue weighted by Gasteiger charge is -2.37. The third-order valence-electron chi connectivity index (χ3n) is 6.91. The van der Waals surface area contributed by atoms with Gasteiger partial charge in [-0.15, -0.1) is 6.58 Å². The Morgan fingerprint density at radius 3 is 2.15 bits per heavy atom. The van der Waals surface area contributed by atoms with Crippen molar-refractivity contribution in [2.24, 2.45) is 17.8 Å². The van der Waals surface area contributed by atoms with Gasteiger partial charge in [-0.3, -0.25) is 0 Å². The van der Waals surface area contributed by atoms with Crippen LogP contribution in [-0.2, 0) is 11.3 Å². The van der Waals surface area contributed by atoms with E-state index in [1.54, 1.807) is 5.56 Å². The Labute approximate surface area is 166 Å². The van der Waals surface area contributed by atoms with Crippen LogP contribution < -0.4 is 0 Å². The summed E-state index contributed by atoms with van der Waals surface area (Å²) in [4.78, 5) is 0. The Morgan fingerprint density at radius 1 is 0.926 bits per heavy atom. The number of ether oxygens (including phenoxy) is 1. The summed E-state index contributed by atoms with van der Waals surface area (Å²) < 4.78 is 5.67. The highest BCUT2D eigenvalue weighted by molar-refractivity contribution is 5.25. The standard InChI is InChI=1S/C26H38O/c1-3-5-19-27-20-22-9-13-24(14-10-22)26-17-15-25(16-18-26)23-11-7-21(6-4-2)8-12-23/h3-4,6,9-10,13-14,21,23,25-26H,1,5,7-8,11-12,15-20H2,2H3/b6-4-/t21-,23-,25?,26?. The van der Waals surface area contributed by atoms with E-state index in [9.17, 15) is 0 Å². The Kier molecular flexibility index (Phi) is 8.20. The molecule has 148 valence electrons. The fourth-order valence-electron chi connectivity index (χ4n) is 5.25. The summed E-state index contributed by atoms with van der Waals surface area (Å²) >= 11 is 0. The molecule has 0 heterocycles. The second-order valence-electron chi connectivity index (χ2n) is 8.68. The van der Waals surface area contributed by atoms with Crippen LogP contribution in [0.1, 0.15) is 81.8 Å². The Balaban J connectivity index is 1.42. The van der Waals surface area contributed by atoms with Crippen molar-refractivity contribution in [1.82, 2.24) is 0 Å². The van der Waals surface area contributed by atoms with Crippen LogP contribution in [0.25, 0.3) is 0 Å². The average Bonchev–Trinajstić information content (AvgIpc) is 2.73. The molecule has 0 atom stereocenters. The molecule has 2 saturated carbocycles. The normalized spacial score (nSPS) is 29.1. The molecule has 0 spiro atoms. The van der Waals surface area contributed by atoms with E-state index in [-0.39, 0.29) is 0 Å². The zero-order valence-corrected chi connectivity index (χ0v) is 17.2. The molecule has 1 nitrogen and oxygen atoms in total. The van der Waals surface area contributed by atoms with Gasteiger partial charge in [-0.2, -0.15) is 0 Å². The van der Waals surface area contributed by atoms with E-state index in [0.717, 1.165) is 43.3 Å². The maximum absolute atomic E-state index is 5.67. The lowest BCUT2D eigenvalue weighted by Crippen LogP contribution is -2.25. The van der Waals surface area contributed by atoms with Gasteiger partial charge in [0.25, 0.3) is 0 Å². The highest BCUT2D eigenvalue weighted by Gasteiger charge is 2.30. The Hall–Kier alpha value is -1.34. The highest BCUT2D eigenvalue weighted by Crippen LogP contribution is 2.44. The van der Waals surface area contributed by atoms with Crippen molar-refractivity contribution in [1.29, 1.82) is 0 Å². The van der Waals surface area contributed by atoms with E-state index in [1.165, 1.54) is 56.9 Å². The minimum Gasteiger partial charge on any atom is -0.376 e. The van der Waals surface area contributed by atoms with Crippen molar-refractivity contribution in [2.75, 3.05) is 6.61 Å². The predicted octanol–water partition coefficient (Wildman–Crippen LogP) is 7.44. The maximum atomic E-state index is 5.67. The zero-order chi connectivity index (χ0) is 18.9. The summed E-state index contributed by atoms with van der Waals surface area (Å²) in [5, 5.41) is 0. The number of rotatable bonds is 8. The number of benzene rings is 1. The molecule has 0 saturated heterocycles. The van der Waals surface area contributed by atoms with Crippen molar-refractivity contribution in [3.05, 3.63) is 60.2 Å². The summed E-state index contributed by atoms with van der Waals surface area (Å²) in [6.45, 7) is 7.38. The molecule has 0 aliphatic heterocycles. The fourth-order valence-corrected chi connectivity index (χ4v) is 5.25. The average molecular weight is 367 g/mol. The molecule has 0 N–H and O–H groups in total.